The lowest BCUT2D eigenvalue weighted by Crippen LogP contribution is -2.41. The van der Waals surface area contributed by atoms with Gasteiger partial charge in [0.1, 0.15) is 0 Å². The molecule has 2 aromatic rings. The van der Waals surface area contributed by atoms with Crippen LogP contribution >= 0.6 is 0 Å². The van der Waals surface area contributed by atoms with Gasteiger partial charge in [0.25, 0.3) is 5.91 Å². The zero-order valence-electron chi connectivity index (χ0n) is 13.5. The molecule has 1 aliphatic rings. The standard InChI is InChI=1S/C20H19NO3/c1-2-8-16(22)13-20(24)17-11-6-7-12-18(17)21(19(20)23)14-15-9-4-3-5-10-15/h2-12,24H,13-14H2,1H3/b8-2+/t20-/m1/s1. The summed E-state index contributed by atoms with van der Waals surface area (Å²) >= 11 is 0. The zero-order chi connectivity index (χ0) is 17.2. The molecule has 0 bridgehead atoms. The summed E-state index contributed by atoms with van der Waals surface area (Å²) in [4.78, 5) is 26.5. The number of anilines is 1. The highest BCUT2D eigenvalue weighted by Gasteiger charge is 2.50. The molecule has 0 fully saturated rings. The monoisotopic (exact) mass is 321 g/mol. The summed E-state index contributed by atoms with van der Waals surface area (Å²) in [6.07, 6.45) is 2.74. The lowest BCUT2D eigenvalue weighted by atomic mass is 9.90. The highest BCUT2D eigenvalue weighted by atomic mass is 16.3. The van der Waals surface area contributed by atoms with Crippen LogP contribution in [0.15, 0.2) is 66.7 Å². The summed E-state index contributed by atoms with van der Waals surface area (Å²) in [6.45, 7) is 2.09. The largest absolute Gasteiger partial charge is 0.375 e. The summed E-state index contributed by atoms with van der Waals surface area (Å²) < 4.78 is 0. The number of aliphatic hydroxyl groups is 1. The van der Waals surface area contributed by atoms with Crippen molar-refractivity contribution in [3.8, 4) is 0 Å². The lowest BCUT2D eigenvalue weighted by molar-refractivity contribution is -0.140. The summed E-state index contributed by atoms with van der Waals surface area (Å²) in [5.41, 5.74) is 0.303. The van der Waals surface area contributed by atoms with Gasteiger partial charge in [0.2, 0.25) is 0 Å². The van der Waals surface area contributed by atoms with E-state index in [9.17, 15) is 14.7 Å². The molecule has 1 atom stereocenters. The van der Waals surface area contributed by atoms with Crippen molar-refractivity contribution in [3.63, 3.8) is 0 Å². The minimum Gasteiger partial charge on any atom is -0.375 e. The Morgan fingerprint density at radius 1 is 1.12 bits per heavy atom. The van der Waals surface area contributed by atoms with Crippen LogP contribution in [0.25, 0.3) is 0 Å². The summed E-state index contributed by atoms with van der Waals surface area (Å²) in [7, 11) is 0. The summed E-state index contributed by atoms with van der Waals surface area (Å²) in [5.74, 6) is -0.727. The third kappa shape index (κ3) is 2.76. The highest BCUT2D eigenvalue weighted by Crippen LogP contribution is 2.43. The van der Waals surface area contributed by atoms with E-state index in [2.05, 4.69) is 0 Å². The number of fused-ring (bicyclic) bond motifs is 1. The average molecular weight is 321 g/mol. The number of carbonyl (C=O) groups excluding carboxylic acids is 2. The fourth-order valence-electron chi connectivity index (χ4n) is 3.10. The number of para-hydroxylation sites is 1. The van der Waals surface area contributed by atoms with Crippen molar-refractivity contribution in [2.24, 2.45) is 0 Å². The molecular formula is C20H19NO3. The van der Waals surface area contributed by atoms with E-state index >= 15 is 0 Å². The predicted molar refractivity (Wildman–Crippen MR) is 92.4 cm³/mol. The second-order valence-corrected chi connectivity index (χ2v) is 5.90. The van der Waals surface area contributed by atoms with E-state index in [4.69, 9.17) is 0 Å². The first kappa shape index (κ1) is 16.1. The van der Waals surface area contributed by atoms with Gasteiger partial charge in [-0.15, -0.1) is 0 Å². The normalized spacial score (nSPS) is 19.8. The third-order valence-electron chi connectivity index (χ3n) is 4.21. The third-order valence-corrected chi connectivity index (χ3v) is 4.21. The number of benzene rings is 2. The maximum absolute atomic E-state index is 12.9. The number of carbonyl (C=O) groups is 2. The van der Waals surface area contributed by atoms with Gasteiger partial charge in [-0.05, 0) is 24.6 Å². The zero-order valence-corrected chi connectivity index (χ0v) is 13.5. The highest BCUT2D eigenvalue weighted by molar-refractivity contribution is 6.09. The molecule has 4 nitrogen and oxygen atoms in total. The Hall–Kier alpha value is -2.72. The molecule has 1 N–H and O–H groups in total. The van der Waals surface area contributed by atoms with Crippen LogP contribution in [-0.4, -0.2) is 16.8 Å². The van der Waals surface area contributed by atoms with Crippen LogP contribution in [0.1, 0.15) is 24.5 Å². The number of ketones is 1. The fraction of sp³-hybridized carbons (Fsp3) is 0.200. The molecule has 122 valence electrons. The molecule has 24 heavy (non-hydrogen) atoms. The Kier molecular flexibility index (Phi) is 4.32. The van der Waals surface area contributed by atoms with Crippen molar-refractivity contribution in [2.75, 3.05) is 4.90 Å². The van der Waals surface area contributed by atoms with Gasteiger partial charge < -0.3 is 10.0 Å². The topological polar surface area (TPSA) is 57.6 Å². The first-order valence-electron chi connectivity index (χ1n) is 7.89. The van der Waals surface area contributed by atoms with Gasteiger partial charge in [0, 0.05) is 5.56 Å². The molecule has 0 aromatic heterocycles. The molecule has 2 aromatic carbocycles. The number of hydrogen-bond acceptors (Lipinski definition) is 3. The molecule has 1 heterocycles. The minimum absolute atomic E-state index is 0.252. The molecule has 0 radical (unpaired) electrons. The van der Waals surface area contributed by atoms with Gasteiger partial charge >= 0.3 is 0 Å². The molecule has 0 saturated heterocycles. The van der Waals surface area contributed by atoms with Crippen LogP contribution in [0.3, 0.4) is 0 Å². The van der Waals surface area contributed by atoms with E-state index in [1.54, 1.807) is 36.1 Å². The Labute approximate surface area is 141 Å². The predicted octanol–water partition coefficient (Wildman–Crippen LogP) is 2.96. The molecule has 0 spiro atoms. The van der Waals surface area contributed by atoms with Crippen LogP contribution in [0, 0.1) is 0 Å². The van der Waals surface area contributed by atoms with Crippen LogP contribution in [0.2, 0.25) is 0 Å². The summed E-state index contributed by atoms with van der Waals surface area (Å²) in [6, 6.07) is 16.7. The Morgan fingerprint density at radius 3 is 2.50 bits per heavy atom. The Morgan fingerprint density at radius 2 is 1.79 bits per heavy atom. The van der Waals surface area contributed by atoms with E-state index in [-0.39, 0.29) is 12.2 Å². The van der Waals surface area contributed by atoms with Crippen molar-refractivity contribution in [1.82, 2.24) is 0 Å². The minimum atomic E-state index is -1.80. The molecule has 0 saturated carbocycles. The van der Waals surface area contributed by atoms with Gasteiger partial charge in [-0.2, -0.15) is 0 Å². The van der Waals surface area contributed by atoms with Gasteiger partial charge in [-0.3, -0.25) is 9.59 Å². The summed E-state index contributed by atoms with van der Waals surface area (Å²) in [5, 5.41) is 11.0. The molecule has 3 rings (SSSR count). The van der Waals surface area contributed by atoms with Gasteiger partial charge in [0.05, 0.1) is 18.7 Å². The molecule has 4 heteroatoms. The number of hydrogen-bond donors (Lipinski definition) is 1. The van der Waals surface area contributed by atoms with Crippen LogP contribution in [0.5, 0.6) is 0 Å². The number of allylic oxidation sites excluding steroid dienone is 2. The molecule has 1 aliphatic heterocycles. The number of nitrogens with zero attached hydrogens (tertiary/aromatic N) is 1. The van der Waals surface area contributed by atoms with Crippen molar-refractivity contribution in [1.29, 1.82) is 0 Å². The second kappa shape index (κ2) is 6.42. The van der Waals surface area contributed by atoms with Crippen LogP contribution in [0.4, 0.5) is 5.69 Å². The van der Waals surface area contributed by atoms with Gasteiger partial charge in [-0.1, -0.05) is 54.6 Å². The number of rotatable bonds is 5. The van der Waals surface area contributed by atoms with E-state index in [1.165, 1.54) is 6.08 Å². The van der Waals surface area contributed by atoms with Crippen molar-refractivity contribution in [3.05, 3.63) is 77.9 Å². The van der Waals surface area contributed by atoms with Crippen molar-refractivity contribution >= 4 is 17.4 Å². The first-order valence-corrected chi connectivity index (χ1v) is 7.89. The van der Waals surface area contributed by atoms with E-state index in [1.807, 2.05) is 36.4 Å². The molecular weight excluding hydrogens is 302 g/mol. The maximum atomic E-state index is 12.9. The SMILES string of the molecule is C/C=C/C(=O)C[C@]1(O)C(=O)N(Cc2ccccc2)c2ccccc21. The number of amides is 1. The first-order chi connectivity index (χ1) is 11.6. The van der Waals surface area contributed by atoms with Crippen molar-refractivity contribution in [2.45, 2.75) is 25.5 Å². The molecule has 0 aliphatic carbocycles. The average Bonchev–Trinajstić information content (AvgIpc) is 2.78. The van der Waals surface area contributed by atoms with Gasteiger partial charge in [-0.25, -0.2) is 0 Å². The smallest absolute Gasteiger partial charge is 0.264 e. The second-order valence-electron chi connectivity index (χ2n) is 5.90. The fourth-order valence-corrected chi connectivity index (χ4v) is 3.10. The van der Waals surface area contributed by atoms with E-state index in [0.29, 0.717) is 17.8 Å². The molecule has 0 unspecified atom stereocenters. The Balaban J connectivity index is 1.98. The van der Waals surface area contributed by atoms with Crippen LogP contribution in [-0.2, 0) is 21.7 Å². The maximum Gasteiger partial charge on any atom is 0.264 e. The lowest BCUT2D eigenvalue weighted by Gasteiger charge is -2.22. The van der Waals surface area contributed by atoms with Crippen LogP contribution < -0.4 is 4.90 Å². The van der Waals surface area contributed by atoms with Gasteiger partial charge in [0.15, 0.2) is 11.4 Å². The molecule has 1 amide bonds. The van der Waals surface area contributed by atoms with E-state index < -0.39 is 11.5 Å². The Bertz CT molecular complexity index is 798. The van der Waals surface area contributed by atoms with E-state index in [0.717, 1.165) is 5.56 Å². The quantitative estimate of drug-likeness (QED) is 0.861. The van der Waals surface area contributed by atoms with Crippen molar-refractivity contribution < 1.29 is 14.7 Å².